The van der Waals surface area contributed by atoms with E-state index in [-0.39, 0.29) is 23.8 Å². The lowest BCUT2D eigenvalue weighted by Gasteiger charge is -2.34. The van der Waals surface area contributed by atoms with Crippen LogP contribution in [0.3, 0.4) is 0 Å². The van der Waals surface area contributed by atoms with Crippen molar-refractivity contribution >= 4 is 22.8 Å². The lowest BCUT2D eigenvalue weighted by atomic mass is 9.94. The van der Waals surface area contributed by atoms with Crippen LogP contribution < -0.4 is 0 Å². The predicted molar refractivity (Wildman–Crippen MR) is 119 cm³/mol. The van der Waals surface area contributed by atoms with E-state index >= 15 is 0 Å². The van der Waals surface area contributed by atoms with Crippen LogP contribution in [-0.2, 0) is 16.0 Å². The van der Waals surface area contributed by atoms with E-state index in [0.29, 0.717) is 19.5 Å². The normalized spacial score (nSPS) is 19.8. The number of carbonyl (C=O) groups excluding carboxylic acids is 2. The first-order chi connectivity index (χ1) is 15.2. The number of hydrogen-bond acceptors (Lipinski definition) is 3. The Morgan fingerprint density at radius 1 is 0.935 bits per heavy atom. The van der Waals surface area contributed by atoms with E-state index in [9.17, 15) is 9.59 Å². The minimum absolute atomic E-state index is 0.00856. The summed E-state index contributed by atoms with van der Waals surface area (Å²) in [5.41, 5.74) is 3.00. The third-order valence-corrected chi connectivity index (χ3v) is 6.65. The Balaban J connectivity index is 1.21. The van der Waals surface area contributed by atoms with Crippen LogP contribution in [0.2, 0.25) is 0 Å². The second kappa shape index (κ2) is 8.53. The molecule has 0 unspecified atom stereocenters. The van der Waals surface area contributed by atoms with E-state index in [4.69, 9.17) is 4.98 Å². The van der Waals surface area contributed by atoms with Crippen molar-refractivity contribution in [3.8, 4) is 0 Å². The third-order valence-electron chi connectivity index (χ3n) is 6.65. The number of aromatic amines is 1. The average Bonchev–Trinajstić information content (AvgIpc) is 3.46. The highest BCUT2D eigenvalue weighted by Gasteiger charge is 2.37. The number of H-pyrrole nitrogens is 1. The lowest BCUT2D eigenvalue weighted by molar-refractivity contribution is -0.141. The van der Waals surface area contributed by atoms with Crippen molar-refractivity contribution in [3.63, 3.8) is 0 Å². The number of piperidine rings is 1. The molecule has 0 bridgehead atoms. The summed E-state index contributed by atoms with van der Waals surface area (Å²) in [6, 6.07) is 17.9. The summed E-state index contributed by atoms with van der Waals surface area (Å²) in [6.07, 6.45) is 3.85. The highest BCUT2D eigenvalue weighted by Crippen LogP contribution is 2.34. The van der Waals surface area contributed by atoms with Crippen molar-refractivity contribution in [1.29, 1.82) is 0 Å². The van der Waals surface area contributed by atoms with Crippen LogP contribution in [0.15, 0.2) is 54.6 Å². The number of nitrogens with one attached hydrogen (secondary N) is 1. The number of likely N-dealkylation sites (tertiary alicyclic amines) is 2. The molecule has 0 spiro atoms. The van der Waals surface area contributed by atoms with Crippen LogP contribution in [0.1, 0.15) is 43.1 Å². The SMILES string of the molecule is O=C(Cc1ccccc1)N1CCC(C(=O)N2CCC[C@H]2c2nc3ccccc3[nH]2)CC1. The zero-order valence-electron chi connectivity index (χ0n) is 17.7. The van der Waals surface area contributed by atoms with Crippen molar-refractivity contribution in [1.82, 2.24) is 19.8 Å². The molecule has 3 aromatic rings. The smallest absolute Gasteiger partial charge is 0.226 e. The first-order valence-corrected chi connectivity index (χ1v) is 11.3. The highest BCUT2D eigenvalue weighted by atomic mass is 16.2. The maximum absolute atomic E-state index is 13.3. The van der Waals surface area contributed by atoms with Crippen LogP contribution in [-0.4, -0.2) is 51.2 Å². The summed E-state index contributed by atoms with van der Waals surface area (Å²) >= 11 is 0. The van der Waals surface area contributed by atoms with Gasteiger partial charge in [-0.2, -0.15) is 0 Å². The summed E-state index contributed by atoms with van der Waals surface area (Å²) in [5.74, 6) is 1.25. The van der Waals surface area contributed by atoms with Gasteiger partial charge in [0.2, 0.25) is 11.8 Å². The van der Waals surface area contributed by atoms with Crippen molar-refractivity contribution < 1.29 is 9.59 Å². The van der Waals surface area contributed by atoms with Crippen LogP contribution in [0.5, 0.6) is 0 Å². The Kier molecular flexibility index (Phi) is 5.45. The number of para-hydroxylation sites is 2. The molecule has 2 aromatic carbocycles. The lowest BCUT2D eigenvalue weighted by Crippen LogP contribution is -2.44. The fraction of sp³-hybridized carbons (Fsp3) is 0.400. The molecule has 2 aliphatic heterocycles. The Hall–Kier alpha value is -3.15. The zero-order chi connectivity index (χ0) is 21.2. The monoisotopic (exact) mass is 416 g/mol. The Bertz CT molecular complexity index is 1040. The van der Waals surface area contributed by atoms with Gasteiger partial charge < -0.3 is 14.8 Å². The fourth-order valence-electron chi connectivity index (χ4n) is 4.94. The standard InChI is InChI=1S/C25H28N4O2/c30-23(17-18-7-2-1-3-8-18)28-15-12-19(13-16-28)25(31)29-14-6-11-22(29)24-26-20-9-4-5-10-21(20)27-24/h1-5,7-10,19,22H,6,11-17H2,(H,26,27)/t22-/m0/s1. The summed E-state index contributed by atoms with van der Waals surface area (Å²) < 4.78 is 0. The van der Waals surface area contributed by atoms with Gasteiger partial charge in [-0.25, -0.2) is 4.98 Å². The van der Waals surface area contributed by atoms with Crippen LogP contribution in [0.4, 0.5) is 0 Å². The van der Waals surface area contributed by atoms with Gasteiger partial charge in [0.25, 0.3) is 0 Å². The number of nitrogens with zero attached hydrogens (tertiary/aromatic N) is 3. The maximum Gasteiger partial charge on any atom is 0.226 e. The largest absolute Gasteiger partial charge is 0.342 e. The van der Waals surface area contributed by atoms with Crippen molar-refractivity contribution in [2.24, 2.45) is 5.92 Å². The topological polar surface area (TPSA) is 69.3 Å². The Morgan fingerprint density at radius 3 is 2.45 bits per heavy atom. The van der Waals surface area contributed by atoms with E-state index in [1.54, 1.807) is 0 Å². The minimum Gasteiger partial charge on any atom is -0.342 e. The van der Waals surface area contributed by atoms with Gasteiger partial charge in [0.05, 0.1) is 23.5 Å². The molecule has 0 saturated carbocycles. The third kappa shape index (κ3) is 4.07. The van der Waals surface area contributed by atoms with Gasteiger partial charge in [-0.05, 0) is 43.4 Å². The molecule has 5 rings (SSSR count). The first kappa shape index (κ1) is 19.8. The molecule has 1 atom stereocenters. The Labute approximate surface area is 182 Å². The second-order valence-corrected chi connectivity index (χ2v) is 8.65. The number of amides is 2. The van der Waals surface area contributed by atoms with E-state index in [0.717, 1.165) is 54.6 Å². The van der Waals surface area contributed by atoms with Crippen molar-refractivity contribution in [3.05, 3.63) is 66.0 Å². The number of hydrogen-bond donors (Lipinski definition) is 1. The molecule has 2 aliphatic rings. The molecule has 6 heteroatoms. The molecular formula is C25H28N4O2. The fourth-order valence-corrected chi connectivity index (χ4v) is 4.94. The van der Waals surface area contributed by atoms with Gasteiger partial charge in [-0.15, -0.1) is 0 Å². The van der Waals surface area contributed by atoms with Gasteiger partial charge >= 0.3 is 0 Å². The quantitative estimate of drug-likeness (QED) is 0.705. The summed E-state index contributed by atoms with van der Waals surface area (Å²) in [7, 11) is 0. The van der Waals surface area contributed by atoms with Crippen molar-refractivity contribution in [2.75, 3.05) is 19.6 Å². The maximum atomic E-state index is 13.3. The van der Waals surface area contributed by atoms with Crippen LogP contribution in [0.25, 0.3) is 11.0 Å². The molecule has 2 saturated heterocycles. The zero-order valence-corrected chi connectivity index (χ0v) is 17.7. The molecule has 2 fully saturated rings. The van der Waals surface area contributed by atoms with Crippen LogP contribution in [0, 0.1) is 5.92 Å². The molecule has 0 radical (unpaired) electrons. The number of benzene rings is 2. The molecule has 1 aromatic heterocycles. The summed E-state index contributed by atoms with van der Waals surface area (Å²) in [6.45, 7) is 2.10. The minimum atomic E-state index is -0.00856. The number of rotatable bonds is 4. The number of carbonyl (C=O) groups is 2. The van der Waals surface area contributed by atoms with Crippen LogP contribution >= 0.6 is 0 Å². The van der Waals surface area contributed by atoms with Gasteiger partial charge in [0, 0.05) is 25.6 Å². The Morgan fingerprint density at radius 2 is 1.68 bits per heavy atom. The van der Waals surface area contributed by atoms with E-state index in [2.05, 4.69) is 4.98 Å². The molecule has 6 nitrogen and oxygen atoms in total. The molecule has 31 heavy (non-hydrogen) atoms. The van der Waals surface area contributed by atoms with Crippen molar-refractivity contribution in [2.45, 2.75) is 38.1 Å². The van der Waals surface area contributed by atoms with Gasteiger partial charge in [-0.1, -0.05) is 42.5 Å². The highest BCUT2D eigenvalue weighted by molar-refractivity contribution is 5.82. The molecule has 1 N–H and O–H groups in total. The predicted octanol–water partition coefficient (Wildman–Crippen LogP) is 3.71. The number of imidazole rings is 1. The number of fused-ring (bicyclic) bond motifs is 1. The molecule has 2 amide bonds. The summed E-state index contributed by atoms with van der Waals surface area (Å²) in [5, 5.41) is 0. The van der Waals surface area contributed by atoms with E-state index in [1.807, 2.05) is 64.4 Å². The molecule has 3 heterocycles. The summed E-state index contributed by atoms with van der Waals surface area (Å²) in [4.78, 5) is 38.1. The molecule has 160 valence electrons. The van der Waals surface area contributed by atoms with E-state index < -0.39 is 0 Å². The molecular weight excluding hydrogens is 388 g/mol. The van der Waals surface area contributed by atoms with E-state index in [1.165, 1.54) is 0 Å². The van der Waals surface area contributed by atoms with Gasteiger partial charge in [-0.3, -0.25) is 9.59 Å². The first-order valence-electron chi connectivity index (χ1n) is 11.3. The number of aromatic nitrogens is 2. The van der Waals surface area contributed by atoms with Gasteiger partial charge in [0.1, 0.15) is 5.82 Å². The average molecular weight is 417 g/mol. The van der Waals surface area contributed by atoms with Gasteiger partial charge in [0.15, 0.2) is 0 Å². The second-order valence-electron chi connectivity index (χ2n) is 8.65. The molecule has 0 aliphatic carbocycles.